The number of benzene rings is 2. The Bertz CT molecular complexity index is 1230. The summed E-state index contributed by atoms with van der Waals surface area (Å²) in [6.45, 7) is 0.0168. The number of phenols is 1. The predicted octanol–water partition coefficient (Wildman–Crippen LogP) is 3.16. The van der Waals surface area contributed by atoms with Crippen LogP contribution in [0.1, 0.15) is 5.56 Å². The predicted molar refractivity (Wildman–Crippen MR) is 98.9 cm³/mol. The maximum atomic E-state index is 13.1. The van der Waals surface area contributed by atoms with Gasteiger partial charge in [-0.25, -0.2) is 4.39 Å². The van der Waals surface area contributed by atoms with Gasteiger partial charge in [-0.2, -0.15) is 0 Å². The number of nitrogens with zero attached hydrogens (tertiary/aromatic N) is 2. The van der Waals surface area contributed by atoms with Crippen LogP contribution in [0.4, 0.5) is 4.39 Å². The molecule has 4 aromatic rings. The van der Waals surface area contributed by atoms with E-state index in [2.05, 4.69) is 4.98 Å². The molecule has 2 aromatic heterocycles. The molecule has 0 saturated heterocycles. The van der Waals surface area contributed by atoms with Gasteiger partial charge in [-0.05, 0) is 29.8 Å². The first-order chi connectivity index (χ1) is 13.0. The summed E-state index contributed by atoms with van der Waals surface area (Å²) in [5, 5.41) is 21.9. The minimum Gasteiger partial charge on any atom is -0.505 e. The Hall–Kier alpha value is -3.61. The molecule has 0 aliphatic heterocycles. The van der Waals surface area contributed by atoms with E-state index in [4.69, 9.17) is 4.74 Å². The molecular formula is C20H15FN2O4. The summed E-state index contributed by atoms with van der Waals surface area (Å²) in [6, 6.07) is 10.4. The van der Waals surface area contributed by atoms with Crippen molar-refractivity contribution in [3.63, 3.8) is 0 Å². The third-order valence-electron chi connectivity index (χ3n) is 4.49. The van der Waals surface area contributed by atoms with Gasteiger partial charge in [0.2, 0.25) is 0 Å². The number of aromatic nitrogens is 2. The molecule has 0 atom stereocenters. The fourth-order valence-electron chi connectivity index (χ4n) is 3.23. The Balaban J connectivity index is 2.03. The van der Waals surface area contributed by atoms with Gasteiger partial charge in [-0.1, -0.05) is 12.1 Å². The standard InChI is InChI=1S/C20H15FN2O4/c1-27-19-13-3-2-8-22-17(13)18(25)16-14(19)9-15(24)23(20(16)26)10-11-4-6-12(21)7-5-11/h2-9,24-25H,10H2,1H3. The monoisotopic (exact) mass is 366 g/mol. The molecular weight excluding hydrogens is 351 g/mol. The molecule has 0 fully saturated rings. The molecule has 7 heteroatoms. The van der Waals surface area contributed by atoms with Gasteiger partial charge in [0.25, 0.3) is 5.56 Å². The highest BCUT2D eigenvalue weighted by atomic mass is 19.1. The summed E-state index contributed by atoms with van der Waals surface area (Å²) in [5.41, 5.74) is 0.258. The number of rotatable bonds is 3. The van der Waals surface area contributed by atoms with Gasteiger partial charge < -0.3 is 14.9 Å². The molecule has 2 heterocycles. The molecule has 2 N–H and O–H groups in total. The Morgan fingerprint density at radius 1 is 1.15 bits per heavy atom. The Kier molecular flexibility index (Phi) is 3.92. The lowest BCUT2D eigenvalue weighted by molar-refractivity contribution is 0.411. The lowest BCUT2D eigenvalue weighted by Crippen LogP contribution is -2.21. The Morgan fingerprint density at radius 3 is 2.59 bits per heavy atom. The molecule has 27 heavy (non-hydrogen) atoms. The minimum atomic E-state index is -0.599. The number of pyridine rings is 2. The van der Waals surface area contributed by atoms with Crippen LogP contribution in [0, 0.1) is 5.82 Å². The Labute approximate surface area is 152 Å². The van der Waals surface area contributed by atoms with Gasteiger partial charge in [-0.15, -0.1) is 0 Å². The second-order valence-corrected chi connectivity index (χ2v) is 6.09. The van der Waals surface area contributed by atoms with Crippen LogP contribution < -0.4 is 10.3 Å². The van der Waals surface area contributed by atoms with Crippen molar-refractivity contribution in [3.8, 4) is 17.4 Å². The van der Waals surface area contributed by atoms with Crippen LogP contribution >= 0.6 is 0 Å². The van der Waals surface area contributed by atoms with E-state index < -0.39 is 11.4 Å². The van der Waals surface area contributed by atoms with Crippen molar-refractivity contribution in [1.29, 1.82) is 0 Å². The van der Waals surface area contributed by atoms with Crippen molar-refractivity contribution >= 4 is 21.7 Å². The van der Waals surface area contributed by atoms with Gasteiger partial charge in [0.1, 0.15) is 17.1 Å². The molecule has 2 aromatic carbocycles. The van der Waals surface area contributed by atoms with Crippen LogP contribution in [0.2, 0.25) is 0 Å². The van der Waals surface area contributed by atoms with Crippen molar-refractivity contribution in [2.75, 3.05) is 7.11 Å². The number of hydrogen-bond acceptors (Lipinski definition) is 5. The van der Waals surface area contributed by atoms with Crippen molar-refractivity contribution in [2.45, 2.75) is 6.54 Å². The third kappa shape index (κ3) is 2.64. The van der Waals surface area contributed by atoms with Gasteiger partial charge in [0, 0.05) is 23.0 Å². The van der Waals surface area contributed by atoms with Crippen molar-refractivity contribution in [1.82, 2.24) is 9.55 Å². The summed E-state index contributed by atoms with van der Waals surface area (Å²) in [5.74, 6) is -0.627. The smallest absolute Gasteiger partial charge is 0.265 e. The van der Waals surface area contributed by atoms with Gasteiger partial charge >= 0.3 is 0 Å². The number of fused-ring (bicyclic) bond motifs is 2. The molecule has 0 saturated carbocycles. The number of hydrogen-bond donors (Lipinski definition) is 2. The number of ether oxygens (including phenoxy) is 1. The Morgan fingerprint density at radius 2 is 1.89 bits per heavy atom. The molecule has 4 rings (SSSR count). The molecule has 0 amide bonds. The second kappa shape index (κ2) is 6.28. The molecule has 136 valence electrons. The summed E-state index contributed by atoms with van der Waals surface area (Å²) >= 11 is 0. The second-order valence-electron chi connectivity index (χ2n) is 6.09. The van der Waals surface area contributed by atoms with E-state index in [-0.39, 0.29) is 34.5 Å². The van der Waals surface area contributed by atoms with Crippen LogP contribution in [0.25, 0.3) is 21.7 Å². The maximum Gasteiger partial charge on any atom is 0.265 e. The molecule has 6 nitrogen and oxygen atoms in total. The largest absolute Gasteiger partial charge is 0.505 e. The van der Waals surface area contributed by atoms with E-state index >= 15 is 0 Å². The topological polar surface area (TPSA) is 84.6 Å². The molecule has 0 bridgehead atoms. The van der Waals surface area contributed by atoms with Gasteiger partial charge in [-0.3, -0.25) is 14.3 Å². The van der Waals surface area contributed by atoms with Crippen LogP contribution in [0.3, 0.4) is 0 Å². The van der Waals surface area contributed by atoms with Crippen LogP contribution in [-0.2, 0) is 6.54 Å². The first kappa shape index (κ1) is 16.8. The molecule has 0 aliphatic carbocycles. The fourth-order valence-corrected chi connectivity index (χ4v) is 3.23. The summed E-state index contributed by atoms with van der Waals surface area (Å²) < 4.78 is 19.6. The van der Waals surface area contributed by atoms with Crippen LogP contribution in [-0.4, -0.2) is 26.9 Å². The molecule has 0 aliphatic rings. The number of phenolic OH excluding ortho intramolecular Hbond substituents is 1. The minimum absolute atomic E-state index is 0.00189. The van der Waals surface area contributed by atoms with Crippen molar-refractivity contribution in [3.05, 3.63) is 70.4 Å². The van der Waals surface area contributed by atoms with Crippen molar-refractivity contribution < 1.29 is 19.3 Å². The van der Waals surface area contributed by atoms with E-state index in [9.17, 15) is 19.4 Å². The van der Waals surface area contributed by atoms with E-state index in [0.717, 1.165) is 4.57 Å². The normalized spacial score (nSPS) is 11.2. The lowest BCUT2D eigenvalue weighted by atomic mass is 10.0. The first-order valence-electron chi connectivity index (χ1n) is 8.16. The zero-order chi connectivity index (χ0) is 19.1. The molecule has 0 radical (unpaired) electrons. The molecule has 0 spiro atoms. The zero-order valence-electron chi connectivity index (χ0n) is 14.3. The third-order valence-corrected chi connectivity index (χ3v) is 4.49. The quantitative estimate of drug-likeness (QED) is 0.544. The fraction of sp³-hybridized carbons (Fsp3) is 0.100. The van der Waals surface area contributed by atoms with E-state index in [0.29, 0.717) is 16.7 Å². The summed E-state index contributed by atoms with van der Waals surface area (Å²) in [7, 11) is 1.44. The van der Waals surface area contributed by atoms with Gasteiger partial charge in [0.15, 0.2) is 11.6 Å². The van der Waals surface area contributed by atoms with E-state index in [1.165, 1.54) is 43.6 Å². The SMILES string of the molecule is COc1c2cccnc2c(O)c2c(=O)n(Cc3ccc(F)cc3)c(O)cc12. The van der Waals surface area contributed by atoms with Crippen LogP contribution in [0.15, 0.2) is 53.5 Å². The summed E-state index contributed by atoms with van der Waals surface area (Å²) in [4.78, 5) is 17.2. The average Bonchev–Trinajstić information content (AvgIpc) is 2.67. The molecule has 0 unspecified atom stereocenters. The number of methoxy groups -OCH3 is 1. The first-order valence-corrected chi connectivity index (χ1v) is 8.16. The lowest BCUT2D eigenvalue weighted by Gasteiger charge is -2.15. The van der Waals surface area contributed by atoms with Crippen LogP contribution in [0.5, 0.6) is 17.4 Å². The van der Waals surface area contributed by atoms with Gasteiger partial charge in [0.05, 0.1) is 19.0 Å². The van der Waals surface area contributed by atoms with Crippen molar-refractivity contribution in [2.24, 2.45) is 0 Å². The number of halogens is 1. The average molecular weight is 366 g/mol. The zero-order valence-corrected chi connectivity index (χ0v) is 14.3. The summed E-state index contributed by atoms with van der Waals surface area (Å²) in [6.07, 6.45) is 1.50. The highest BCUT2D eigenvalue weighted by Crippen LogP contribution is 2.40. The highest BCUT2D eigenvalue weighted by molar-refractivity contribution is 6.09. The highest BCUT2D eigenvalue weighted by Gasteiger charge is 2.20. The van der Waals surface area contributed by atoms with E-state index in [1.54, 1.807) is 12.1 Å². The maximum absolute atomic E-state index is 13.1. The number of aromatic hydroxyl groups is 2. The van der Waals surface area contributed by atoms with E-state index in [1.807, 2.05) is 0 Å².